The van der Waals surface area contributed by atoms with Crippen LogP contribution in [0.25, 0.3) is 6.08 Å². The van der Waals surface area contributed by atoms with E-state index in [9.17, 15) is 4.79 Å². The maximum Gasteiger partial charge on any atom is 0.256 e. The highest BCUT2D eigenvalue weighted by Crippen LogP contribution is 2.31. The number of pyridine rings is 1. The van der Waals surface area contributed by atoms with E-state index in [2.05, 4.69) is 56.0 Å². The number of H-pyrrole nitrogens is 1. The quantitative estimate of drug-likeness (QED) is 0.482. The van der Waals surface area contributed by atoms with Crippen LogP contribution in [0, 0.1) is 0 Å². The van der Waals surface area contributed by atoms with Crippen molar-refractivity contribution in [3.8, 4) is 0 Å². The summed E-state index contributed by atoms with van der Waals surface area (Å²) in [5.41, 5.74) is 8.44. The summed E-state index contributed by atoms with van der Waals surface area (Å²) in [4.78, 5) is 20.3. The zero-order chi connectivity index (χ0) is 21.1. The molecule has 1 aromatic heterocycles. The van der Waals surface area contributed by atoms with Gasteiger partial charge in [-0.25, -0.2) is 0 Å². The van der Waals surface area contributed by atoms with E-state index in [4.69, 9.17) is 5.73 Å². The summed E-state index contributed by atoms with van der Waals surface area (Å²) < 4.78 is 0. The van der Waals surface area contributed by atoms with Gasteiger partial charge >= 0.3 is 0 Å². The molecule has 0 saturated carbocycles. The standard InChI is InChI=1S/C22H31N7O/c1-22(20-16(6-8-25-21(20)30)14-19(27-22)24-9-7-23)26-17-4-3-5-18(15-17)29-12-10-28(2)11-13-29/h3-6,8,14-15,24,26-27H,7,9-13,23H2,1-2H3,(H,25,30). The largest absolute Gasteiger partial charge is 0.371 e. The molecule has 4 rings (SSSR count). The summed E-state index contributed by atoms with van der Waals surface area (Å²) in [6, 6.07) is 10.3. The minimum Gasteiger partial charge on any atom is -0.371 e. The Morgan fingerprint density at radius 3 is 2.77 bits per heavy atom. The van der Waals surface area contributed by atoms with Crippen LogP contribution in [-0.2, 0) is 5.66 Å². The van der Waals surface area contributed by atoms with E-state index in [0.29, 0.717) is 18.7 Å². The van der Waals surface area contributed by atoms with Crippen LogP contribution in [0.5, 0.6) is 0 Å². The van der Waals surface area contributed by atoms with Crippen LogP contribution in [0.3, 0.4) is 0 Å². The maximum absolute atomic E-state index is 12.7. The lowest BCUT2D eigenvalue weighted by Crippen LogP contribution is -2.53. The number of nitrogens with one attached hydrogen (secondary N) is 4. The summed E-state index contributed by atoms with van der Waals surface area (Å²) in [5, 5.41) is 10.3. The van der Waals surface area contributed by atoms with Crippen molar-refractivity contribution >= 4 is 17.5 Å². The van der Waals surface area contributed by atoms with Crippen molar-refractivity contribution in [1.29, 1.82) is 0 Å². The average molecular weight is 410 g/mol. The number of hydrogen-bond acceptors (Lipinski definition) is 7. The van der Waals surface area contributed by atoms with Gasteiger partial charge in [0.05, 0.1) is 5.56 Å². The number of anilines is 2. The van der Waals surface area contributed by atoms with E-state index in [-0.39, 0.29) is 5.56 Å². The van der Waals surface area contributed by atoms with Crippen molar-refractivity contribution in [3.05, 3.63) is 63.8 Å². The molecule has 1 aromatic carbocycles. The Labute approximate surface area is 177 Å². The predicted octanol–water partition coefficient (Wildman–Crippen LogP) is 0.861. The normalized spacial score (nSPS) is 21.4. The highest BCUT2D eigenvalue weighted by atomic mass is 16.1. The van der Waals surface area contributed by atoms with Crippen molar-refractivity contribution in [2.75, 3.05) is 56.5 Å². The molecule has 6 N–H and O–H groups in total. The third-order valence-corrected chi connectivity index (χ3v) is 5.75. The molecule has 8 heteroatoms. The summed E-state index contributed by atoms with van der Waals surface area (Å²) in [7, 11) is 2.16. The van der Waals surface area contributed by atoms with E-state index in [1.807, 2.05) is 25.1 Å². The summed E-state index contributed by atoms with van der Waals surface area (Å²) in [6.07, 6.45) is 3.63. The van der Waals surface area contributed by atoms with Gasteiger partial charge in [-0.05, 0) is 49.9 Å². The Hall–Kier alpha value is -2.97. The van der Waals surface area contributed by atoms with Crippen LogP contribution in [0.2, 0.25) is 0 Å². The molecule has 2 aliphatic heterocycles. The second-order valence-corrected chi connectivity index (χ2v) is 8.13. The van der Waals surface area contributed by atoms with Crippen molar-refractivity contribution in [2.45, 2.75) is 12.6 Å². The number of aromatic nitrogens is 1. The number of aromatic amines is 1. The third-order valence-electron chi connectivity index (χ3n) is 5.75. The minimum absolute atomic E-state index is 0.112. The topological polar surface area (TPSA) is 101 Å². The fourth-order valence-corrected chi connectivity index (χ4v) is 4.18. The van der Waals surface area contributed by atoms with Gasteiger partial charge in [-0.3, -0.25) is 4.79 Å². The minimum atomic E-state index is -0.781. The van der Waals surface area contributed by atoms with Crippen molar-refractivity contribution in [3.63, 3.8) is 0 Å². The molecule has 3 heterocycles. The molecule has 160 valence electrons. The first kappa shape index (κ1) is 20.3. The fourth-order valence-electron chi connectivity index (χ4n) is 4.18. The first-order valence-electron chi connectivity index (χ1n) is 10.5. The number of nitrogens with zero attached hydrogens (tertiary/aromatic N) is 2. The van der Waals surface area contributed by atoms with Gasteiger partial charge in [0, 0.05) is 56.8 Å². The zero-order valence-electron chi connectivity index (χ0n) is 17.7. The van der Waals surface area contributed by atoms with Crippen LogP contribution in [0.15, 0.2) is 47.1 Å². The number of likely N-dealkylation sites (N-methyl/N-ethyl adjacent to an activating group) is 1. The molecule has 0 radical (unpaired) electrons. The number of nitrogens with two attached hydrogens (primary N) is 1. The molecule has 1 fully saturated rings. The van der Waals surface area contributed by atoms with E-state index in [0.717, 1.165) is 43.3 Å². The second-order valence-electron chi connectivity index (χ2n) is 8.13. The van der Waals surface area contributed by atoms with Crippen LogP contribution in [0.1, 0.15) is 18.1 Å². The first-order valence-corrected chi connectivity index (χ1v) is 10.5. The Morgan fingerprint density at radius 2 is 2.00 bits per heavy atom. The molecule has 1 atom stereocenters. The molecule has 2 aromatic rings. The number of rotatable bonds is 6. The van der Waals surface area contributed by atoms with Gasteiger partial charge in [0.2, 0.25) is 0 Å². The number of fused-ring (bicyclic) bond motifs is 1. The molecule has 30 heavy (non-hydrogen) atoms. The zero-order valence-corrected chi connectivity index (χ0v) is 17.7. The van der Waals surface area contributed by atoms with E-state index < -0.39 is 5.66 Å². The monoisotopic (exact) mass is 409 g/mol. The van der Waals surface area contributed by atoms with Gasteiger partial charge in [0.1, 0.15) is 11.5 Å². The van der Waals surface area contributed by atoms with Crippen molar-refractivity contribution in [1.82, 2.24) is 20.5 Å². The highest BCUT2D eigenvalue weighted by Gasteiger charge is 2.35. The van der Waals surface area contributed by atoms with Crippen LogP contribution in [-0.4, -0.2) is 56.2 Å². The number of benzene rings is 1. The lowest BCUT2D eigenvalue weighted by atomic mass is 9.93. The summed E-state index contributed by atoms with van der Waals surface area (Å²) in [5.74, 6) is 0.837. The average Bonchev–Trinajstić information content (AvgIpc) is 2.72. The molecule has 0 spiro atoms. The fraction of sp³-hybridized carbons (Fsp3) is 0.409. The van der Waals surface area contributed by atoms with Gasteiger partial charge in [-0.15, -0.1) is 0 Å². The van der Waals surface area contributed by atoms with Crippen molar-refractivity contribution in [2.24, 2.45) is 5.73 Å². The van der Waals surface area contributed by atoms with Crippen LogP contribution >= 0.6 is 0 Å². The van der Waals surface area contributed by atoms with Gasteiger partial charge in [0.15, 0.2) is 0 Å². The second kappa shape index (κ2) is 8.41. The maximum atomic E-state index is 12.7. The van der Waals surface area contributed by atoms with Crippen LogP contribution < -0.4 is 32.1 Å². The highest BCUT2D eigenvalue weighted by molar-refractivity contribution is 5.65. The third kappa shape index (κ3) is 4.15. The van der Waals surface area contributed by atoms with E-state index in [1.54, 1.807) is 6.20 Å². The molecule has 0 bridgehead atoms. The van der Waals surface area contributed by atoms with Gasteiger partial charge in [0.25, 0.3) is 5.56 Å². The molecule has 0 amide bonds. The Bertz CT molecular complexity index is 977. The Balaban J connectivity index is 1.63. The molecule has 1 saturated heterocycles. The Kier molecular flexibility index (Phi) is 5.69. The van der Waals surface area contributed by atoms with Crippen LogP contribution in [0.4, 0.5) is 11.4 Å². The summed E-state index contributed by atoms with van der Waals surface area (Å²) >= 11 is 0. The van der Waals surface area contributed by atoms with Gasteiger partial charge in [-0.1, -0.05) is 6.07 Å². The Morgan fingerprint density at radius 1 is 1.20 bits per heavy atom. The molecule has 2 aliphatic rings. The smallest absolute Gasteiger partial charge is 0.256 e. The van der Waals surface area contributed by atoms with Crippen molar-refractivity contribution < 1.29 is 0 Å². The first-order chi connectivity index (χ1) is 14.5. The molecular weight excluding hydrogens is 378 g/mol. The van der Waals surface area contributed by atoms with E-state index in [1.165, 1.54) is 5.69 Å². The lowest BCUT2D eigenvalue weighted by molar-refractivity contribution is 0.313. The SMILES string of the molecule is CN1CCN(c2cccc(NC3(C)NC(NCCN)=Cc4cc[nH]c(=O)c43)c2)CC1. The number of piperazine rings is 1. The summed E-state index contributed by atoms with van der Waals surface area (Å²) in [6.45, 7) is 7.29. The lowest BCUT2D eigenvalue weighted by Gasteiger charge is -2.39. The van der Waals surface area contributed by atoms with E-state index >= 15 is 0 Å². The van der Waals surface area contributed by atoms with Gasteiger partial charge in [-0.2, -0.15) is 0 Å². The molecule has 1 unspecified atom stereocenters. The molecular formula is C22H31N7O. The molecule has 0 aliphatic carbocycles. The predicted molar refractivity (Wildman–Crippen MR) is 122 cm³/mol. The molecule has 8 nitrogen and oxygen atoms in total. The number of hydrogen-bond donors (Lipinski definition) is 5. The van der Waals surface area contributed by atoms with Gasteiger partial charge < -0.3 is 36.5 Å².